The number of fused-ring (bicyclic) bond motifs is 3. The first-order valence-corrected chi connectivity index (χ1v) is 10.4. The number of ether oxygens (including phenoxy) is 3. The summed E-state index contributed by atoms with van der Waals surface area (Å²) in [5.74, 6) is 0.120. The van der Waals surface area contributed by atoms with Crippen LogP contribution < -0.4 is 14.9 Å². The van der Waals surface area contributed by atoms with E-state index in [0.29, 0.717) is 44.4 Å². The quantitative estimate of drug-likeness (QED) is 0.685. The minimum atomic E-state index is -1.23. The molecule has 7 nitrogen and oxygen atoms in total. The van der Waals surface area contributed by atoms with Crippen LogP contribution in [0.3, 0.4) is 0 Å². The molecule has 1 aliphatic rings. The van der Waals surface area contributed by atoms with Crippen LogP contribution >= 0.6 is 0 Å². The molecule has 0 unspecified atom stereocenters. The fourth-order valence-electron chi connectivity index (χ4n) is 3.10. The number of pyridine rings is 1. The summed E-state index contributed by atoms with van der Waals surface area (Å²) in [6.07, 6.45) is 3.38. The van der Waals surface area contributed by atoms with E-state index in [1.54, 1.807) is 4.57 Å². The van der Waals surface area contributed by atoms with Gasteiger partial charge in [0.25, 0.3) is 0 Å². The van der Waals surface area contributed by atoms with Crippen LogP contribution in [0, 0.1) is 0 Å². The first-order valence-electron chi connectivity index (χ1n) is 10.4. The largest absolute Gasteiger partial charge is 0.491 e. The van der Waals surface area contributed by atoms with Gasteiger partial charge in [-0.25, -0.2) is 4.79 Å². The molecule has 0 bridgehead atoms. The van der Waals surface area contributed by atoms with Crippen molar-refractivity contribution >= 4 is 5.97 Å². The fourth-order valence-corrected chi connectivity index (χ4v) is 3.10. The van der Waals surface area contributed by atoms with Crippen molar-refractivity contribution in [3.05, 3.63) is 45.7 Å². The highest BCUT2D eigenvalue weighted by molar-refractivity contribution is 5.87. The highest BCUT2D eigenvalue weighted by Gasteiger charge is 2.21. The Bertz CT molecular complexity index is 919. The van der Waals surface area contributed by atoms with Crippen LogP contribution in [-0.4, -0.2) is 42.1 Å². The average Bonchev–Trinajstić information content (AvgIpc) is 2.89. The third kappa shape index (κ3) is 5.63. The highest BCUT2D eigenvalue weighted by Crippen LogP contribution is 2.37. The molecule has 1 aromatic heterocycles. The molecule has 0 spiro atoms. The van der Waals surface area contributed by atoms with Crippen LogP contribution in [0.2, 0.25) is 0 Å². The highest BCUT2D eigenvalue weighted by atomic mass is 16.5. The molecule has 0 radical (unpaired) electrons. The van der Waals surface area contributed by atoms with Gasteiger partial charge in [-0.05, 0) is 25.0 Å². The number of hydrogen-bond acceptors (Lipinski definition) is 5. The number of carbonyl (C=O) groups is 1. The molecule has 164 valence electrons. The van der Waals surface area contributed by atoms with Crippen LogP contribution in [-0.2, 0) is 17.7 Å². The van der Waals surface area contributed by atoms with Crippen molar-refractivity contribution in [3.8, 4) is 22.8 Å². The zero-order valence-electron chi connectivity index (χ0n) is 18.2. The third-order valence-electron chi connectivity index (χ3n) is 4.46. The van der Waals surface area contributed by atoms with Crippen molar-refractivity contribution in [1.82, 2.24) is 4.57 Å². The summed E-state index contributed by atoms with van der Waals surface area (Å²) in [5, 5.41) is 9.20. The Balaban J connectivity index is 0.00000101. The molecule has 7 heteroatoms. The first kappa shape index (κ1) is 23.5. The summed E-state index contributed by atoms with van der Waals surface area (Å²) in [4.78, 5) is 23.5. The molecule has 0 saturated heterocycles. The van der Waals surface area contributed by atoms with Gasteiger partial charge in [0.15, 0.2) is 5.43 Å². The molecule has 1 N–H and O–H groups in total. The molecule has 1 aromatic carbocycles. The second kappa shape index (κ2) is 11.4. The Hall–Kier alpha value is -2.80. The zero-order valence-corrected chi connectivity index (χ0v) is 18.2. The van der Waals surface area contributed by atoms with Gasteiger partial charge in [0.05, 0.1) is 18.8 Å². The van der Waals surface area contributed by atoms with Gasteiger partial charge >= 0.3 is 5.97 Å². The summed E-state index contributed by atoms with van der Waals surface area (Å²) in [5.41, 5.74) is 1.63. The third-order valence-corrected chi connectivity index (χ3v) is 4.46. The maximum absolute atomic E-state index is 12.2. The Labute approximate surface area is 177 Å². The average molecular weight is 418 g/mol. The van der Waals surface area contributed by atoms with E-state index < -0.39 is 11.4 Å². The molecule has 3 rings (SSSR count). The van der Waals surface area contributed by atoms with Gasteiger partial charge in [-0.15, -0.1) is 0 Å². The normalized spacial score (nSPS) is 11.9. The van der Waals surface area contributed by atoms with E-state index in [1.807, 2.05) is 26.0 Å². The molecule has 0 aliphatic carbocycles. The number of aromatic carboxylic acids is 1. The summed E-state index contributed by atoms with van der Waals surface area (Å²) in [6, 6.07) is 5.15. The van der Waals surface area contributed by atoms with E-state index in [4.69, 9.17) is 14.2 Å². The SMILES string of the molecule is CCC.CCOCCOc1cc2c(cc1CC)-c1cc(=O)c(C(=O)O)cn1CCO2. The van der Waals surface area contributed by atoms with Crippen LogP contribution in [0.4, 0.5) is 0 Å². The number of carboxylic acid groups (broad SMARTS) is 1. The van der Waals surface area contributed by atoms with Gasteiger partial charge in [-0.1, -0.05) is 27.2 Å². The van der Waals surface area contributed by atoms with E-state index in [-0.39, 0.29) is 5.56 Å². The Morgan fingerprint density at radius 2 is 1.90 bits per heavy atom. The Morgan fingerprint density at radius 1 is 1.17 bits per heavy atom. The Kier molecular flexibility index (Phi) is 8.92. The van der Waals surface area contributed by atoms with Gasteiger partial charge in [-0.2, -0.15) is 0 Å². The number of aromatic nitrogens is 1. The zero-order chi connectivity index (χ0) is 22.1. The van der Waals surface area contributed by atoms with Crippen LogP contribution in [0.15, 0.2) is 29.2 Å². The second-order valence-corrected chi connectivity index (χ2v) is 6.85. The van der Waals surface area contributed by atoms with Crippen molar-refractivity contribution in [2.75, 3.05) is 26.4 Å². The van der Waals surface area contributed by atoms with Crippen LogP contribution in [0.5, 0.6) is 11.5 Å². The molecule has 0 fully saturated rings. The monoisotopic (exact) mass is 417 g/mol. The van der Waals surface area contributed by atoms with Crippen molar-refractivity contribution in [3.63, 3.8) is 0 Å². The minimum Gasteiger partial charge on any atom is -0.491 e. The molecule has 30 heavy (non-hydrogen) atoms. The molecule has 1 aliphatic heterocycles. The molecular weight excluding hydrogens is 386 g/mol. The number of aryl methyl sites for hydroxylation is 1. The molecule has 0 amide bonds. The van der Waals surface area contributed by atoms with Crippen LogP contribution in [0.1, 0.15) is 50.0 Å². The van der Waals surface area contributed by atoms with Crippen molar-refractivity contribution in [2.24, 2.45) is 0 Å². The lowest BCUT2D eigenvalue weighted by Gasteiger charge is -2.16. The summed E-state index contributed by atoms with van der Waals surface area (Å²) in [7, 11) is 0. The maximum atomic E-state index is 12.2. The first-order chi connectivity index (χ1) is 14.5. The smallest absolute Gasteiger partial charge is 0.341 e. The van der Waals surface area contributed by atoms with Gasteiger partial charge in [0, 0.05) is 30.5 Å². The lowest BCUT2D eigenvalue weighted by atomic mass is 10.0. The standard InChI is InChI=1S/C20H23NO6.C3H8/c1-3-13-9-14-16-10-17(22)15(20(23)24)12-21(16)5-6-26-19(14)11-18(13)27-8-7-25-4-2;1-3-2/h9-12H,3-8H2,1-2H3,(H,23,24);3H2,1-2H3. The fraction of sp³-hybridized carbons (Fsp3) is 0.478. The van der Waals surface area contributed by atoms with E-state index in [2.05, 4.69) is 13.8 Å². The second-order valence-electron chi connectivity index (χ2n) is 6.85. The number of nitrogens with zero attached hydrogens (tertiary/aromatic N) is 1. The summed E-state index contributed by atoms with van der Waals surface area (Å²) in [6.45, 7) is 10.6. The van der Waals surface area contributed by atoms with Gasteiger partial charge in [0.1, 0.15) is 30.3 Å². The lowest BCUT2D eigenvalue weighted by Crippen LogP contribution is -2.19. The minimum absolute atomic E-state index is 0.242. The van der Waals surface area contributed by atoms with E-state index >= 15 is 0 Å². The molecule has 0 atom stereocenters. The number of rotatable bonds is 7. The van der Waals surface area contributed by atoms with Crippen molar-refractivity contribution in [2.45, 2.75) is 47.1 Å². The molecular formula is C23H31NO6. The van der Waals surface area contributed by atoms with Crippen LogP contribution in [0.25, 0.3) is 11.3 Å². The predicted octanol–water partition coefficient (Wildman–Crippen LogP) is 4.00. The van der Waals surface area contributed by atoms with Crippen molar-refractivity contribution < 1.29 is 24.1 Å². The Morgan fingerprint density at radius 3 is 2.53 bits per heavy atom. The van der Waals surface area contributed by atoms with Gasteiger partial charge in [0.2, 0.25) is 0 Å². The van der Waals surface area contributed by atoms with Gasteiger partial charge in [-0.3, -0.25) is 4.79 Å². The number of carboxylic acids is 1. The predicted molar refractivity (Wildman–Crippen MR) is 116 cm³/mol. The summed E-state index contributed by atoms with van der Waals surface area (Å²) >= 11 is 0. The number of benzene rings is 1. The number of hydrogen-bond donors (Lipinski definition) is 1. The van der Waals surface area contributed by atoms with Crippen molar-refractivity contribution in [1.29, 1.82) is 0 Å². The molecule has 2 aromatic rings. The summed E-state index contributed by atoms with van der Waals surface area (Å²) < 4.78 is 18.8. The van der Waals surface area contributed by atoms with E-state index in [9.17, 15) is 14.7 Å². The van der Waals surface area contributed by atoms with E-state index in [0.717, 1.165) is 23.3 Å². The molecule has 0 saturated carbocycles. The molecule has 2 heterocycles. The lowest BCUT2D eigenvalue weighted by molar-refractivity contribution is 0.0694. The van der Waals surface area contributed by atoms with E-state index in [1.165, 1.54) is 18.7 Å². The van der Waals surface area contributed by atoms with Gasteiger partial charge < -0.3 is 23.9 Å². The maximum Gasteiger partial charge on any atom is 0.341 e. The topological polar surface area (TPSA) is 87.0 Å².